The van der Waals surface area contributed by atoms with Crippen LogP contribution >= 0.6 is 11.6 Å². The van der Waals surface area contributed by atoms with E-state index in [4.69, 9.17) is 11.6 Å². The molecule has 0 aliphatic heterocycles. The summed E-state index contributed by atoms with van der Waals surface area (Å²) in [6, 6.07) is 7.01. The summed E-state index contributed by atoms with van der Waals surface area (Å²) < 4.78 is 15.3. The van der Waals surface area contributed by atoms with E-state index in [1.807, 2.05) is 7.05 Å². The highest BCUT2D eigenvalue weighted by molar-refractivity contribution is 6.30. The van der Waals surface area contributed by atoms with Crippen LogP contribution in [0.4, 0.5) is 4.39 Å². The maximum Gasteiger partial charge on any atom is 0.268 e. The third-order valence-corrected chi connectivity index (χ3v) is 3.68. The van der Waals surface area contributed by atoms with Gasteiger partial charge in [0.15, 0.2) is 0 Å². The first-order chi connectivity index (χ1) is 11.0. The maximum atomic E-state index is 13.6. The largest absolute Gasteiger partial charge is 0.356 e. The fraction of sp³-hybridized carbons (Fsp3) is 0.125. The van der Waals surface area contributed by atoms with E-state index in [1.165, 1.54) is 24.4 Å². The number of hydrogen-bond donors (Lipinski definition) is 2. The molecule has 7 heteroatoms. The van der Waals surface area contributed by atoms with E-state index >= 15 is 0 Å². The van der Waals surface area contributed by atoms with Crippen LogP contribution in [0.2, 0.25) is 5.02 Å². The molecule has 0 aliphatic carbocycles. The van der Waals surface area contributed by atoms with E-state index in [0.717, 1.165) is 0 Å². The van der Waals surface area contributed by atoms with Gasteiger partial charge in [-0.25, -0.2) is 9.37 Å². The van der Waals surface area contributed by atoms with Gasteiger partial charge < -0.3 is 14.9 Å². The van der Waals surface area contributed by atoms with Gasteiger partial charge in [0.25, 0.3) is 5.91 Å². The number of benzene rings is 1. The summed E-state index contributed by atoms with van der Waals surface area (Å²) in [6.45, 7) is 0. The van der Waals surface area contributed by atoms with Gasteiger partial charge in [0.1, 0.15) is 23.4 Å². The second kappa shape index (κ2) is 6.26. The molecule has 1 aromatic carbocycles. The Bertz CT molecular complexity index is 842. The van der Waals surface area contributed by atoms with Gasteiger partial charge >= 0.3 is 0 Å². The summed E-state index contributed by atoms with van der Waals surface area (Å²) >= 11 is 5.83. The summed E-state index contributed by atoms with van der Waals surface area (Å²) in [4.78, 5) is 19.5. The zero-order valence-corrected chi connectivity index (χ0v) is 13.0. The van der Waals surface area contributed by atoms with Crippen LogP contribution in [0.25, 0.3) is 0 Å². The van der Waals surface area contributed by atoms with E-state index in [0.29, 0.717) is 22.1 Å². The van der Waals surface area contributed by atoms with Crippen molar-refractivity contribution in [3.8, 4) is 0 Å². The Morgan fingerprint density at radius 3 is 2.87 bits per heavy atom. The van der Waals surface area contributed by atoms with Crippen molar-refractivity contribution in [1.82, 2.24) is 19.9 Å². The first-order valence-electron chi connectivity index (χ1n) is 6.92. The van der Waals surface area contributed by atoms with Crippen LogP contribution in [0.3, 0.4) is 0 Å². The number of aromatic nitrogens is 3. The van der Waals surface area contributed by atoms with Crippen molar-refractivity contribution in [3.05, 3.63) is 76.8 Å². The number of H-pyrrole nitrogens is 1. The fourth-order valence-electron chi connectivity index (χ4n) is 2.35. The van der Waals surface area contributed by atoms with Crippen molar-refractivity contribution in [3.63, 3.8) is 0 Å². The summed E-state index contributed by atoms with van der Waals surface area (Å²) in [7, 11) is 1.81. The third-order valence-electron chi connectivity index (χ3n) is 3.47. The molecule has 0 aliphatic rings. The molecule has 0 fully saturated rings. The molecule has 0 radical (unpaired) electrons. The zero-order valence-electron chi connectivity index (χ0n) is 12.3. The standard InChI is InChI=1S/C16H14ClFN4O/c1-22-6-5-19-15(22)14(10-3-2-4-12(18)7-10)21-16(23)13-8-11(17)9-20-13/h2-9,14,20H,1H3,(H,21,23)/t14-/m0/s1. The maximum absolute atomic E-state index is 13.6. The molecule has 3 rings (SSSR count). The third kappa shape index (κ3) is 3.27. The van der Waals surface area contributed by atoms with Crippen molar-refractivity contribution in [2.24, 2.45) is 7.05 Å². The minimum absolute atomic E-state index is 0.325. The minimum Gasteiger partial charge on any atom is -0.356 e. The van der Waals surface area contributed by atoms with Gasteiger partial charge in [-0.1, -0.05) is 23.7 Å². The molecule has 118 valence electrons. The lowest BCUT2D eigenvalue weighted by atomic mass is 10.1. The van der Waals surface area contributed by atoms with E-state index in [9.17, 15) is 9.18 Å². The molecular weight excluding hydrogens is 319 g/mol. The average molecular weight is 333 g/mol. The smallest absolute Gasteiger partial charge is 0.268 e. The first kappa shape index (κ1) is 15.3. The van der Waals surface area contributed by atoms with Gasteiger partial charge in [-0.05, 0) is 23.8 Å². The molecule has 2 N–H and O–H groups in total. The number of imidazole rings is 1. The Hall–Kier alpha value is -2.60. The van der Waals surface area contributed by atoms with Crippen LogP contribution in [0, 0.1) is 5.82 Å². The highest BCUT2D eigenvalue weighted by Crippen LogP contribution is 2.22. The van der Waals surface area contributed by atoms with Gasteiger partial charge in [-0.15, -0.1) is 0 Å². The lowest BCUT2D eigenvalue weighted by Crippen LogP contribution is -2.31. The minimum atomic E-state index is -0.583. The van der Waals surface area contributed by atoms with Crippen molar-refractivity contribution < 1.29 is 9.18 Å². The van der Waals surface area contributed by atoms with E-state index < -0.39 is 6.04 Å². The molecule has 0 bridgehead atoms. The fourth-order valence-corrected chi connectivity index (χ4v) is 2.51. The highest BCUT2D eigenvalue weighted by atomic mass is 35.5. The molecule has 3 aromatic rings. The van der Waals surface area contributed by atoms with Gasteiger partial charge in [0, 0.05) is 25.6 Å². The van der Waals surface area contributed by atoms with Crippen molar-refractivity contribution >= 4 is 17.5 Å². The molecule has 0 spiro atoms. The molecular formula is C16H14ClFN4O. The Morgan fingerprint density at radius 1 is 1.43 bits per heavy atom. The van der Waals surface area contributed by atoms with Gasteiger partial charge in [0.2, 0.25) is 0 Å². The number of rotatable bonds is 4. The monoisotopic (exact) mass is 332 g/mol. The number of nitrogens with zero attached hydrogens (tertiary/aromatic N) is 2. The lowest BCUT2D eigenvalue weighted by molar-refractivity contribution is 0.0936. The summed E-state index contributed by atoms with van der Waals surface area (Å²) in [5.74, 6) is -0.130. The van der Waals surface area contributed by atoms with Crippen molar-refractivity contribution in [1.29, 1.82) is 0 Å². The number of carbonyl (C=O) groups excluding carboxylic acids is 1. The predicted octanol–water partition coefficient (Wildman–Crippen LogP) is 3.06. The molecule has 5 nitrogen and oxygen atoms in total. The molecule has 2 heterocycles. The second-order valence-electron chi connectivity index (χ2n) is 5.09. The topological polar surface area (TPSA) is 62.7 Å². The molecule has 23 heavy (non-hydrogen) atoms. The van der Waals surface area contributed by atoms with Crippen LogP contribution in [0.5, 0.6) is 0 Å². The molecule has 1 amide bonds. The van der Waals surface area contributed by atoms with Crippen LogP contribution < -0.4 is 5.32 Å². The Labute approximate surface area is 137 Å². The SMILES string of the molecule is Cn1ccnc1[C@@H](NC(=O)c1cc(Cl)c[nH]1)c1cccc(F)c1. The highest BCUT2D eigenvalue weighted by Gasteiger charge is 2.22. The molecule has 0 unspecified atom stereocenters. The number of aromatic amines is 1. The predicted molar refractivity (Wildman–Crippen MR) is 84.7 cm³/mol. The summed E-state index contributed by atoms with van der Waals surface area (Å²) in [6.07, 6.45) is 4.91. The quantitative estimate of drug-likeness (QED) is 0.771. The summed E-state index contributed by atoms with van der Waals surface area (Å²) in [5, 5.41) is 3.29. The van der Waals surface area contributed by atoms with Crippen LogP contribution in [0.15, 0.2) is 48.9 Å². The van der Waals surface area contributed by atoms with Gasteiger partial charge in [0.05, 0.1) is 5.02 Å². The number of halogens is 2. The van der Waals surface area contributed by atoms with Crippen molar-refractivity contribution in [2.45, 2.75) is 6.04 Å². The van der Waals surface area contributed by atoms with E-state index in [2.05, 4.69) is 15.3 Å². The second-order valence-corrected chi connectivity index (χ2v) is 5.53. The Kier molecular flexibility index (Phi) is 4.16. The van der Waals surface area contributed by atoms with Crippen molar-refractivity contribution in [2.75, 3.05) is 0 Å². The van der Waals surface area contributed by atoms with Gasteiger partial charge in [-0.3, -0.25) is 4.79 Å². The van der Waals surface area contributed by atoms with E-state index in [-0.39, 0.29) is 11.7 Å². The van der Waals surface area contributed by atoms with Crippen LogP contribution in [-0.4, -0.2) is 20.4 Å². The van der Waals surface area contributed by atoms with Gasteiger partial charge in [-0.2, -0.15) is 0 Å². The van der Waals surface area contributed by atoms with Crippen LogP contribution in [-0.2, 0) is 7.05 Å². The number of aryl methyl sites for hydroxylation is 1. The molecule has 2 aromatic heterocycles. The zero-order chi connectivity index (χ0) is 16.4. The van der Waals surface area contributed by atoms with E-state index in [1.54, 1.807) is 29.1 Å². The lowest BCUT2D eigenvalue weighted by Gasteiger charge is -2.19. The molecule has 0 saturated carbocycles. The number of hydrogen-bond acceptors (Lipinski definition) is 2. The normalized spacial score (nSPS) is 12.1. The van der Waals surface area contributed by atoms with Crippen LogP contribution in [0.1, 0.15) is 27.9 Å². The Morgan fingerprint density at radius 2 is 2.26 bits per heavy atom. The number of carbonyl (C=O) groups is 1. The summed E-state index contributed by atoms with van der Waals surface area (Å²) in [5.41, 5.74) is 0.927. The average Bonchev–Trinajstić information content (AvgIpc) is 3.13. The number of nitrogens with one attached hydrogen (secondary N) is 2. The molecule has 0 saturated heterocycles. The number of amides is 1. The molecule has 1 atom stereocenters. The Balaban J connectivity index is 1.96. The first-order valence-corrected chi connectivity index (χ1v) is 7.30.